The average Bonchev–Trinajstić information content (AvgIpc) is 2.54. The van der Waals surface area contributed by atoms with Crippen molar-refractivity contribution in [3.05, 3.63) is 29.8 Å². The lowest BCUT2D eigenvalue weighted by Crippen LogP contribution is -2.37. The minimum atomic E-state index is -3.45. The van der Waals surface area contributed by atoms with E-state index in [1.165, 1.54) is 26.2 Å². The lowest BCUT2D eigenvalue weighted by molar-refractivity contribution is 0.346. The van der Waals surface area contributed by atoms with Crippen LogP contribution in [0.3, 0.4) is 0 Å². The van der Waals surface area contributed by atoms with Crippen LogP contribution in [-0.4, -0.2) is 58.4 Å². The second-order valence-corrected chi connectivity index (χ2v) is 10.2. The van der Waals surface area contributed by atoms with E-state index in [0.717, 1.165) is 29.1 Å². The van der Waals surface area contributed by atoms with Crippen LogP contribution < -0.4 is 0 Å². The predicted octanol–water partition coefficient (Wildman–Crippen LogP) is 1.30. The standard InChI is InChI=1S/C15H24N2O4S2/c1-16(2)23(20,21)15-8-6-14(7-9-15)10-13-22(18,19)17-11-4-3-5-12-17/h6-9H,3-5,10-13H2,1-2H3. The van der Waals surface area contributed by atoms with Crippen LogP contribution in [0.15, 0.2) is 29.2 Å². The van der Waals surface area contributed by atoms with Gasteiger partial charge in [0.05, 0.1) is 10.6 Å². The first kappa shape index (κ1) is 18.4. The van der Waals surface area contributed by atoms with Gasteiger partial charge in [-0.2, -0.15) is 0 Å². The topological polar surface area (TPSA) is 74.8 Å². The van der Waals surface area contributed by atoms with Gasteiger partial charge in [0, 0.05) is 27.2 Å². The molecule has 0 radical (unpaired) electrons. The number of piperidine rings is 1. The Labute approximate surface area is 139 Å². The molecular formula is C15H24N2O4S2. The fourth-order valence-corrected chi connectivity index (χ4v) is 5.03. The van der Waals surface area contributed by atoms with E-state index in [1.54, 1.807) is 16.4 Å². The first-order chi connectivity index (χ1) is 10.7. The molecule has 1 aliphatic rings. The first-order valence-electron chi connectivity index (χ1n) is 7.73. The van der Waals surface area contributed by atoms with E-state index in [0.29, 0.717) is 19.5 Å². The number of hydrogen-bond acceptors (Lipinski definition) is 4. The summed E-state index contributed by atoms with van der Waals surface area (Å²) < 4.78 is 51.3. The molecule has 8 heteroatoms. The summed E-state index contributed by atoms with van der Waals surface area (Å²) >= 11 is 0. The van der Waals surface area contributed by atoms with Crippen molar-refractivity contribution in [2.24, 2.45) is 0 Å². The van der Waals surface area contributed by atoms with Gasteiger partial charge >= 0.3 is 0 Å². The SMILES string of the molecule is CN(C)S(=O)(=O)c1ccc(CCS(=O)(=O)N2CCCCC2)cc1. The van der Waals surface area contributed by atoms with Crippen LogP contribution >= 0.6 is 0 Å². The summed E-state index contributed by atoms with van der Waals surface area (Å²) in [6, 6.07) is 6.42. The van der Waals surface area contributed by atoms with Crippen molar-refractivity contribution in [2.75, 3.05) is 32.9 Å². The van der Waals surface area contributed by atoms with Gasteiger partial charge in [0.2, 0.25) is 20.0 Å². The van der Waals surface area contributed by atoms with Crippen LogP contribution in [0.1, 0.15) is 24.8 Å². The van der Waals surface area contributed by atoms with Crippen LogP contribution in [0, 0.1) is 0 Å². The molecule has 1 saturated heterocycles. The molecule has 2 rings (SSSR count). The van der Waals surface area contributed by atoms with Crippen molar-refractivity contribution < 1.29 is 16.8 Å². The molecule has 0 aromatic heterocycles. The van der Waals surface area contributed by atoms with E-state index in [-0.39, 0.29) is 10.6 Å². The van der Waals surface area contributed by atoms with E-state index in [2.05, 4.69) is 0 Å². The van der Waals surface area contributed by atoms with E-state index in [1.807, 2.05) is 0 Å². The molecule has 130 valence electrons. The van der Waals surface area contributed by atoms with Gasteiger partial charge in [0.15, 0.2) is 0 Å². The Hall–Kier alpha value is -0.960. The van der Waals surface area contributed by atoms with Crippen molar-refractivity contribution >= 4 is 20.0 Å². The Morgan fingerprint density at radius 3 is 2.04 bits per heavy atom. The molecule has 6 nitrogen and oxygen atoms in total. The van der Waals surface area contributed by atoms with Crippen molar-refractivity contribution in [1.29, 1.82) is 0 Å². The third-order valence-electron chi connectivity index (χ3n) is 4.06. The Bertz CT molecular complexity index is 719. The first-order valence-corrected chi connectivity index (χ1v) is 10.8. The van der Waals surface area contributed by atoms with Gasteiger partial charge in [-0.25, -0.2) is 25.4 Å². The number of nitrogens with zero attached hydrogens (tertiary/aromatic N) is 2. The van der Waals surface area contributed by atoms with Crippen molar-refractivity contribution in [3.63, 3.8) is 0 Å². The molecule has 1 aromatic rings. The van der Waals surface area contributed by atoms with Crippen LogP contribution in [0.5, 0.6) is 0 Å². The molecule has 1 fully saturated rings. The normalized spacial score (nSPS) is 17.5. The highest BCUT2D eigenvalue weighted by molar-refractivity contribution is 7.89. The maximum Gasteiger partial charge on any atom is 0.242 e. The monoisotopic (exact) mass is 360 g/mol. The fraction of sp³-hybridized carbons (Fsp3) is 0.600. The smallest absolute Gasteiger partial charge is 0.212 e. The summed E-state index contributed by atoms with van der Waals surface area (Å²) in [5.41, 5.74) is 0.822. The second kappa shape index (κ2) is 7.29. The van der Waals surface area contributed by atoms with Gasteiger partial charge in [-0.15, -0.1) is 0 Å². The molecule has 1 aliphatic heterocycles. The number of aryl methyl sites for hydroxylation is 1. The second-order valence-electron chi connectivity index (χ2n) is 5.96. The number of hydrogen-bond donors (Lipinski definition) is 0. The van der Waals surface area contributed by atoms with Crippen molar-refractivity contribution in [1.82, 2.24) is 8.61 Å². The van der Waals surface area contributed by atoms with E-state index >= 15 is 0 Å². The summed E-state index contributed by atoms with van der Waals surface area (Å²) in [5.74, 6) is 0.0623. The van der Waals surface area contributed by atoms with E-state index in [9.17, 15) is 16.8 Å². The lowest BCUT2D eigenvalue weighted by Gasteiger charge is -2.25. The van der Waals surface area contributed by atoms with E-state index < -0.39 is 20.0 Å². The number of rotatable bonds is 6. The molecule has 1 heterocycles. The third kappa shape index (κ3) is 4.53. The lowest BCUT2D eigenvalue weighted by atomic mass is 10.2. The summed E-state index contributed by atoms with van der Waals surface area (Å²) in [4.78, 5) is 0.213. The molecular weight excluding hydrogens is 336 g/mol. The van der Waals surface area contributed by atoms with Gasteiger partial charge in [0.1, 0.15) is 0 Å². The molecule has 0 aliphatic carbocycles. The molecule has 0 bridgehead atoms. The van der Waals surface area contributed by atoms with Gasteiger partial charge in [-0.1, -0.05) is 18.6 Å². The Morgan fingerprint density at radius 2 is 1.52 bits per heavy atom. The minimum absolute atomic E-state index is 0.0623. The summed E-state index contributed by atoms with van der Waals surface area (Å²) in [7, 11) is -3.71. The zero-order valence-corrected chi connectivity index (χ0v) is 15.2. The van der Waals surface area contributed by atoms with Crippen LogP contribution in [-0.2, 0) is 26.5 Å². The average molecular weight is 361 g/mol. The zero-order valence-electron chi connectivity index (χ0n) is 13.6. The Balaban J connectivity index is 2.01. The molecule has 1 aromatic carbocycles. The van der Waals surface area contributed by atoms with Crippen LogP contribution in [0.25, 0.3) is 0 Å². The van der Waals surface area contributed by atoms with E-state index in [4.69, 9.17) is 0 Å². The van der Waals surface area contributed by atoms with Crippen LogP contribution in [0.2, 0.25) is 0 Å². The summed E-state index contributed by atoms with van der Waals surface area (Å²) in [5, 5.41) is 0. The predicted molar refractivity (Wildman–Crippen MR) is 90.2 cm³/mol. The molecule has 0 N–H and O–H groups in total. The molecule has 0 unspecified atom stereocenters. The highest BCUT2D eigenvalue weighted by Crippen LogP contribution is 2.17. The fourth-order valence-electron chi connectivity index (χ4n) is 2.56. The van der Waals surface area contributed by atoms with Crippen molar-refractivity contribution in [2.45, 2.75) is 30.6 Å². The Morgan fingerprint density at radius 1 is 0.957 bits per heavy atom. The molecule has 23 heavy (non-hydrogen) atoms. The van der Waals surface area contributed by atoms with Crippen LogP contribution in [0.4, 0.5) is 0 Å². The highest BCUT2D eigenvalue weighted by atomic mass is 32.2. The maximum atomic E-state index is 12.3. The third-order valence-corrected chi connectivity index (χ3v) is 7.76. The minimum Gasteiger partial charge on any atom is -0.212 e. The summed E-state index contributed by atoms with van der Waals surface area (Å²) in [6.07, 6.45) is 3.33. The maximum absolute atomic E-state index is 12.3. The molecule has 0 saturated carbocycles. The van der Waals surface area contributed by atoms with Gasteiger partial charge in [-0.05, 0) is 37.0 Å². The van der Waals surface area contributed by atoms with Crippen molar-refractivity contribution in [3.8, 4) is 0 Å². The quantitative estimate of drug-likeness (QED) is 0.766. The highest BCUT2D eigenvalue weighted by Gasteiger charge is 2.23. The molecule has 0 spiro atoms. The van der Waals surface area contributed by atoms with Gasteiger partial charge in [0.25, 0.3) is 0 Å². The molecule has 0 atom stereocenters. The molecule has 0 amide bonds. The zero-order chi connectivity index (χ0) is 17.1. The van der Waals surface area contributed by atoms with Gasteiger partial charge < -0.3 is 0 Å². The number of sulfonamides is 2. The summed E-state index contributed by atoms with van der Waals surface area (Å²) in [6.45, 7) is 1.23. The largest absolute Gasteiger partial charge is 0.242 e. The number of benzene rings is 1. The Kier molecular flexibility index (Phi) is 5.83. The van der Waals surface area contributed by atoms with Gasteiger partial charge in [-0.3, -0.25) is 0 Å².